The summed E-state index contributed by atoms with van der Waals surface area (Å²) in [4.78, 5) is 79.1. The van der Waals surface area contributed by atoms with E-state index < -0.39 is 86.8 Å². The van der Waals surface area contributed by atoms with Gasteiger partial charge >= 0.3 is 5.97 Å². The highest BCUT2D eigenvalue weighted by atomic mass is 16.4. The molecule has 174 valence electrons. The van der Waals surface area contributed by atoms with Gasteiger partial charge in [0.2, 0.25) is 35.4 Å². The minimum atomic E-state index is -1.42. The van der Waals surface area contributed by atoms with Crippen LogP contribution in [0.1, 0.15) is 0 Å². The lowest BCUT2D eigenvalue weighted by Gasteiger charge is -2.16. The first-order valence-electron chi connectivity index (χ1n) is 8.75. The SMILES string of the molecule is NCC(=O)NCC(=O)NCC(=O)NC(CO)C(=O)NCC(=O)NCC(=O)NCC(=O)O. The summed E-state index contributed by atoms with van der Waals surface area (Å²) in [7, 11) is 0. The molecule has 0 saturated carbocycles. The summed E-state index contributed by atoms with van der Waals surface area (Å²) in [5, 5.41) is 30.3. The van der Waals surface area contributed by atoms with Crippen LogP contribution < -0.4 is 37.6 Å². The molecule has 0 spiro atoms. The molecular formula is C15H25N7O9. The first kappa shape index (κ1) is 27.2. The van der Waals surface area contributed by atoms with Crippen LogP contribution in [0, 0.1) is 0 Å². The Balaban J connectivity index is 4.22. The number of carbonyl (C=O) groups is 7. The number of aliphatic hydroxyl groups excluding tert-OH is 1. The van der Waals surface area contributed by atoms with Crippen molar-refractivity contribution in [3.8, 4) is 0 Å². The molecule has 0 aliphatic heterocycles. The second kappa shape index (κ2) is 15.1. The van der Waals surface area contributed by atoms with Crippen LogP contribution >= 0.6 is 0 Å². The maximum Gasteiger partial charge on any atom is 0.322 e. The summed E-state index contributed by atoms with van der Waals surface area (Å²) in [5.41, 5.74) is 5.04. The molecule has 0 aromatic heterocycles. The fourth-order valence-electron chi connectivity index (χ4n) is 1.70. The number of hydrogen-bond donors (Lipinski definition) is 9. The molecule has 1 atom stereocenters. The van der Waals surface area contributed by atoms with E-state index in [0.717, 1.165) is 0 Å². The Bertz CT molecular complexity index is 698. The van der Waals surface area contributed by atoms with Crippen molar-refractivity contribution in [1.82, 2.24) is 31.9 Å². The van der Waals surface area contributed by atoms with Gasteiger partial charge in [-0.25, -0.2) is 0 Å². The quantitative estimate of drug-likeness (QED) is 0.121. The van der Waals surface area contributed by atoms with Crippen molar-refractivity contribution in [1.29, 1.82) is 0 Å². The van der Waals surface area contributed by atoms with Crippen LogP contribution in [0.5, 0.6) is 0 Å². The van der Waals surface area contributed by atoms with Gasteiger partial charge < -0.3 is 47.8 Å². The van der Waals surface area contributed by atoms with Gasteiger partial charge in [-0.2, -0.15) is 0 Å². The van der Waals surface area contributed by atoms with Gasteiger partial charge in [-0.05, 0) is 0 Å². The maximum absolute atomic E-state index is 11.9. The van der Waals surface area contributed by atoms with E-state index in [0.29, 0.717) is 0 Å². The first-order chi connectivity index (χ1) is 14.6. The number of rotatable bonds is 14. The molecule has 0 rings (SSSR count). The van der Waals surface area contributed by atoms with Crippen molar-refractivity contribution in [2.75, 3.05) is 45.9 Å². The van der Waals surface area contributed by atoms with Gasteiger partial charge in [0.05, 0.1) is 39.3 Å². The second-order valence-electron chi connectivity index (χ2n) is 5.73. The Kier molecular flexibility index (Phi) is 13.3. The first-order valence-corrected chi connectivity index (χ1v) is 8.75. The summed E-state index contributed by atoms with van der Waals surface area (Å²) in [6.45, 7) is -3.80. The van der Waals surface area contributed by atoms with E-state index in [4.69, 9.17) is 10.8 Å². The molecule has 0 aliphatic carbocycles. The van der Waals surface area contributed by atoms with E-state index in [-0.39, 0.29) is 6.54 Å². The Hall–Kier alpha value is -3.79. The number of nitrogens with two attached hydrogens (primary N) is 1. The van der Waals surface area contributed by atoms with E-state index in [1.165, 1.54) is 0 Å². The smallest absolute Gasteiger partial charge is 0.322 e. The highest BCUT2D eigenvalue weighted by molar-refractivity contribution is 5.93. The third-order valence-electron chi connectivity index (χ3n) is 3.22. The summed E-state index contributed by atoms with van der Waals surface area (Å²) >= 11 is 0. The lowest BCUT2D eigenvalue weighted by molar-refractivity contribution is -0.138. The topological polar surface area (TPSA) is 258 Å². The molecule has 31 heavy (non-hydrogen) atoms. The van der Waals surface area contributed by atoms with Gasteiger partial charge in [0.1, 0.15) is 12.6 Å². The van der Waals surface area contributed by atoms with Crippen molar-refractivity contribution in [2.24, 2.45) is 5.73 Å². The molecule has 6 amide bonds. The minimum absolute atomic E-state index is 0.309. The molecule has 0 bridgehead atoms. The van der Waals surface area contributed by atoms with Gasteiger partial charge in [-0.15, -0.1) is 0 Å². The third kappa shape index (κ3) is 13.9. The van der Waals surface area contributed by atoms with Crippen LogP contribution in [0.25, 0.3) is 0 Å². The van der Waals surface area contributed by atoms with E-state index >= 15 is 0 Å². The number of hydrogen-bond acceptors (Lipinski definition) is 9. The van der Waals surface area contributed by atoms with Crippen LogP contribution in [-0.2, 0) is 33.6 Å². The lowest BCUT2D eigenvalue weighted by atomic mass is 10.3. The van der Waals surface area contributed by atoms with Crippen molar-refractivity contribution in [2.45, 2.75) is 6.04 Å². The van der Waals surface area contributed by atoms with E-state index in [9.17, 15) is 38.7 Å². The molecule has 0 saturated heterocycles. The van der Waals surface area contributed by atoms with Gasteiger partial charge in [0.15, 0.2) is 0 Å². The Morgan fingerprint density at radius 2 is 1.06 bits per heavy atom. The van der Waals surface area contributed by atoms with E-state index in [1.807, 2.05) is 5.32 Å². The Morgan fingerprint density at radius 3 is 1.52 bits per heavy atom. The molecule has 10 N–H and O–H groups in total. The zero-order valence-electron chi connectivity index (χ0n) is 16.4. The molecule has 0 aromatic carbocycles. The van der Waals surface area contributed by atoms with Gasteiger partial charge in [0, 0.05) is 0 Å². The second-order valence-corrected chi connectivity index (χ2v) is 5.73. The monoisotopic (exact) mass is 447 g/mol. The fraction of sp³-hybridized carbons (Fsp3) is 0.533. The molecule has 16 nitrogen and oxygen atoms in total. The number of nitrogens with one attached hydrogen (secondary N) is 6. The summed E-state index contributed by atoms with van der Waals surface area (Å²) in [6, 6.07) is -1.42. The number of aliphatic hydroxyl groups is 1. The molecule has 1 unspecified atom stereocenters. The number of aliphatic carboxylic acids is 1. The van der Waals surface area contributed by atoms with Gasteiger partial charge in [-0.1, -0.05) is 0 Å². The predicted molar refractivity (Wildman–Crippen MR) is 101 cm³/mol. The average molecular weight is 447 g/mol. The van der Waals surface area contributed by atoms with E-state index in [1.54, 1.807) is 0 Å². The van der Waals surface area contributed by atoms with Crippen LogP contribution in [0.3, 0.4) is 0 Å². The van der Waals surface area contributed by atoms with Crippen molar-refractivity contribution >= 4 is 41.4 Å². The van der Waals surface area contributed by atoms with Crippen LogP contribution in [-0.4, -0.2) is 104 Å². The largest absolute Gasteiger partial charge is 0.480 e. The predicted octanol–water partition coefficient (Wildman–Crippen LogP) is -6.91. The van der Waals surface area contributed by atoms with Crippen LogP contribution in [0.2, 0.25) is 0 Å². The average Bonchev–Trinajstić information content (AvgIpc) is 2.74. The highest BCUT2D eigenvalue weighted by Gasteiger charge is 2.20. The molecular weight excluding hydrogens is 422 g/mol. The summed E-state index contributed by atoms with van der Waals surface area (Å²) in [5.74, 6) is -5.80. The van der Waals surface area contributed by atoms with Crippen LogP contribution in [0.15, 0.2) is 0 Å². The standard InChI is InChI=1S/C15H25N7O9/c16-1-9(24)17-2-10(25)19-5-13(28)22-8(7-23)15(31)21-4-12(27)18-3-11(26)20-6-14(29)30/h8,23H,1-7,16H2,(H,17,24)(H,18,27)(H,19,25)(H,20,26)(H,21,31)(H,22,28)(H,29,30). The summed E-state index contributed by atoms with van der Waals surface area (Å²) in [6.07, 6.45) is 0. The summed E-state index contributed by atoms with van der Waals surface area (Å²) < 4.78 is 0. The molecule has 0 aromatic rings. The number of carboxylic acid groups (broad SMARTS) is 1. The number of carbonyl (C=O) groups excluding carboxylic acids is 6. The third-order valence-corrected chi connectivity index (χ3v) is 3.22. The zero-order valence-corrected chi connectivity index (χ0v) is 16.4. The molecule has 0 aliphatic rings. The van der Waals surface area contributed by atoms with Gasteiger partial charge in [-0.3, -0.25) is 33.6 Å². The van der Waals surface area contributed by atoms with Crippen molar-refractivity contribution in [3.63, 3.8) is 0 Å². The van der Waals surface area contributed by atoms with Crippen molar-refractivity contribution in [3.05, 3.63) is 0 Å². The lowest BCUT2D eigenvalue weighted by Crippen LogP contribution is -2.53. The Labute approximate surface area is 175 Å². The number of carboxylic acids is 1. The molecule has 16 heteroatoms. The van der Waals surface area contributed by atoms with Crippen molar-refractivity contribution < 1.29 is 43.8 Å². The van der Waals surface area contributed by atoms with Gasteiger partial charge in [0.25, 0.3) is 0 Å². The normalized spacial score (nSPS) is 10.8. The molecule has 0 radical (unpaired) electrons. The maximum atomic E-state index is 11.9. The minimum Gasteiger partial charge on any atom is -0.480 e. The Morgan fingerprint density at radius 1 is 0.645 bits per heavy atom. The fourth-order valence-corrected chi connectivity index (χ4v) is 1.70. The van der Waals surface area contributed by atoms with E-state index in [2.05, 4.69) is 26.6 Å². The molecule has 0 fully saturated rings. The molecule has 0 heterocycles. The number of amides is 6. The van der Waals surface area contributed by atoms with Crippen LogP contribution in [0.4, 0.5) is 0 Å². The highest BCUT2D eigenvalue weighted by Crippen LogP contribution is 1.84. The zero-order chi connectivity index (χ0) is 23.8.